The van der Waals surface area contributed by atoms with Gasteiger partial charge in [-0.2, -0.15) is 0 Å². The maximum atomic E-state index is 6.38. The summed E-state index contributed by atoms with van der Waals surface area (Å²) in [6.07, 6.45) is 0. The van der Waals surface area contributed by atoms with E-state index in [0.29, 0.717) is 0 Å². The first-order valence-corrected chi connectivity index (χ1v) is 15.6. The molecule has 1 aliphatic rings. The van der Waals surface area contributed by atoms with Gasteiger partial charge in [0, 0.05) is 39.2 Å². The highest BCUT2D eigenvalue weighted by atomic mass is 16.3. The number of fused-ring (bicyclic) bond motifs is 7. The van der Waals surface area contributed by atoms with Crippen LogP contribution in [0.1, 0.15) is 25.0 Å². The van der Waals surface area contributed by atoms with Crippen molar-refractivity contribution in [2.24, 2.45) is 0 Å². The van der Waals surface area contributed by atoms with E-state index in [0.717, 1.165) is 39.0 Å². The molecule has 1 aliphatic carbocycles. The molecule has 0 amide bonds. The van der Waals surface area contributed by atoms with Gasteiger partial charge in [0.1, 0.15) is 11.2 Å². The Morgan fingerprint density at radius 2 is 1.20 bits per heavy atom. The lowest BCUT2D eigenvalue weighted by Gasteiger charge is -2.29. The van der Waals surface area contributed by atoms with E-state index in [-0.39, 0.29) is 5.41 Å². The summed E-state index contributed by atoms with van der Waals surface area (Å²) in [5.41, 5.74) is 12.8. The number of hydrogen-bond donors (Lipinski definition) is 0. The van der Waals surface area contributed by atoms with Crippen molar-refractivity contribution in [2.45, 2.75) is 19.3 Å². The molecule has 0 aliphatic heterocycles. The van der Waals surface area contributed by atoms with Gasteiger partial charge < -0.3 is 9.32 Å². The number of para-hydroxylation sites is 2. The molecule has 1 aromatic heterocycles. The summed E-state index contributed by atoms with van der Waals surface area (Å²) in [6.45, 7) is 4.70. The van der Waals surface area contributed by atoms with Crippen LogP contribution in [0.5, 0.6) is 0 Å². The van der Waals surface area contributed by atoms with Gasteiger partial charge in [-0.05, 0) is 81.1 Å². The van der Waals surface area contributed by atoms with Gasteiger partial charge >= 0.3 is 0 Å². The van der Waals surface area contributed by atoms with E-state index >= 15 is 0 Å². The Morgan fingerprint density at radius 1 is 0.489 bits per heavy atom. The van der Waals surface area contributed by atoms with Crippen LogP contribution in [0.4, 0.5) is 17.1 Å². The van der Waals surface area contributed by atoms with Gasteiger partial charge in [-0.25, -0.2) is 0 Å². The van der Waals surface area contributed by atoms with Gasteiger partial charge in [-0.15, -0.1) is 0 Å². The monoisotopic (exact) mass is 577 g/mol. The minimum absolute atomic E-state index is 0.0852. The van der Waals surface area contributed by atoms with Crippen molar-refractivity contribution in [3.05, 3.63) is 163 Å². The van der Waals surface area contributed by atoms with Crippen molar-refractivity contribution in [1.82, 2.24) is 0 Å². The van der Waals surface area contributed by atoms with Gasteiger partial charge in [0.15, 0.2) is 0 Å². The van der Waals surface area contributed by atoms with Crippen LogP contribution < -0.4 is 4.90 Å². The smallest absolute Gasteiger partial charge is 0.137 e. The third kappa shape index (κ3) is 3.89. The molecule has 7 aromatic carbocycles. The van der Waals surface area contributed by atoms with Crippen molar-refractivity contribution in [2.75, 3.05) is 4.90 Å². The van der Waals surface area contributed by atoms with Crippen LogP contribution in [0, 0.1) is 0 Å². The maximum Gasteiger partial charge on any atom is 0.137 e. The van der Waals surface area contributed by atoms with E-state index < -0.39 is 0 Å². The molecule has 2 heteroatoms. The second-order valence-electron chi connectivity index (χ2n) is 12.6. The minimum Gasteiger partial charge on any atom is -0.456 e. The van der Waals surface area contributed by atoms with E-state index in [9.17, 15) is 0 Å². The molecule has 2 nitrogen and oxygen atoms in total. The van der Waals surface area contributed by atoms with Crippen molar-refractivity contribution >= 4 is 49.8 Å². The lowest BCUT2D eigenvalue weighted by molar-refractivity contribution is 0.660. The Bertz CT molecular complexity index is 2410. The summed E-state index contributed by atoms with van der Waals surface area (Å²) >= 11 is 0. The van der Waals surface area contributed by atoms with Gasteiger partial charge in [0.05, 0.1) is 5.69 Å². The highest BCUT2D eigenvalue weighted by Gasteiger charge is 2.35. The van der Waals surface area contributed by atoms with Crippen LogP contribution in [-0.4, -0.2) is 0 Å². The number of nitrogens with zero attached hydrogens (tertiary/aromatic N) is 1. The van der Waals surface area contributed by atoms with E-state index in [4.69, 9.17) is 4.42 Å². The van der Waals surface area contributed by atoms with Gasteiger partial charge in [-0.1, -0.05) is 117 Å². The zero-order valence-electron chi connectivity index (χ0n) is 25.3. The predicted molar refractivity (Wildman–Crippen MR) is 189 cm³/mol. The van der Waals surface area contributed by atoms with Crippen molar-refractivity contribution in [1.29, 1.82) is 0 Å². The van der Waals surface area contributed by atoms with Crippen LogP contribution >= 0.6 is 0 Å². The minimum atomic E-state index is -0.0852. The summed E-state index contributed by atoms with van der Waals surface area (Å²) in [6, 6.07) is 54.7. The Morgan fingerprint density at radius 3 is 2.09 bits per heavy atom. The van der Waals surface area contributed by atoms with E-state index in [1.54, 1.807) is 0 Å². The fourth-order valence-corrected chi connectivity index (χ4v) is 7.47. The highest BCUT2D eigenvalue weighted by molar-refractivity contribution is 6.08. The number of anilines is 3. The van der Waals surface area contributed by atoms with E-state index in [1.165, 1.54) is 44.2 Å². The molecule has 0 saturated heterocycles. The van der Waals surface area contributed by atoms with Gasteiger partial charge in [0.2, 0.25) is 0 Å². The molecule has 0 saturated carbocycles. The number of hydrogen-bond acceptors (Lipinski definition) is 2. The third-order valence-electron chi connectivity index (χ3n) is 9.66. The average molecular weight is 578 g/mol. The van der Waals surface area contributed by atoms with E-state index in [1.807, 2.05) is 12.1 Å². The second kappa shape index (κ2) is 9.70. The SMILES string of the molecule is CC1(C)c2ccccc2-c2ccc(-c3c(N(c4ccccc4)c4ccc5c(c4)oc4ccccc45)ccc4ccccc34)cc21. The molecule has 9 rings (SSSR count). The molecular weight excluding hydrogens is 546 g/mol. The van der Waals surface area contributed by atoms with Crippen LogP contribution in [0.25, 0.3) is 55.0 Å². The normalized spacial score (nSPS) is 13.3. The number of benzene rings is 7. The Labute approximate surface area is 262 Å². The fourth-order valence-electron chi connectivity index (χ4n) is 7.47. The largest absolute Gasteiger partial charge is 0.456 e. The molecule has 45 heavy (non-hydrogen) atoms. The molecule has 0 fully saturated rings. The van der Waals surface area contributed by atoms with Crippen LogP contribution in [0.3, 0.4) is 0 Å². The Balaban J connectivity index is 1.31. The molecule has 0 atom stereocenters. The molecule has 1 heterocycles. The van der Waals surface area contributed by atoms with Crippen molar-refractivity contribution < 1.29 is 4.42 Å². The Hall–Kier alpha value is -5.60. The predicted octanol–water partition coefficient (Wildman–Crippen LogP) is 12.2. The molecule has 0 bridgehead atoms. The maximum absolute atomic E-state index is 6.38. The molecule has 0 spiro atoms. The summed E-state index contributed by atoms with van der Waals surface area (Å²) in [4.78, 5) is 2.38. The van der Waals surface area contributed by atoms with Gasteiger partial charge in [-0.3, -0.25) is 0 Å². The average Bonchev–Trinajstić information content (AvgIpc) is 3.57. The van der Waals surface area contributed by atoms with Crippen LogP contribution in [-0.2, 0) is 5.41 Å². The highest BCUT2D eigenvalue weighted by Crippen LogP contribution is 2.51. The first-order valence-electron chi connectivity index (χ1n) is 15.6. The first-order chi connectivity index (χ1) is 22.1. The molecule has 0 N–H and O–H groups in total. The number of rotatable bonds is 4. The first kappa shape index (κ1) is 25.9. The van der Waals surface area contributed by atoms with Crippen LogP contribution in [0.15, 0.2) is 156 Å². The van der Waals surface area contributed by atoms with Gasteiger partial charge in [0.25, 0.3) is 0 Å². The zero-order chi connectivity index (χ0) is 30.1. The lowest BCUT2D eigenvalue weighted by Crippen LogP contribution is -2.15. The number of furan rings is 1. The molecular formula is C43H31NO. The zero-order valence-corrected chi connectivity index (χ0v) is 25.3. The van der Waals surface area contributed by atoms with Crippen LogP contribution in [0.2, 0.25) is 0 Å². The fraction of sp³-hybridized carbons (Fsp3) is 0.0698. The quantitative estimate of drug-likeness (QED) is 0.207. The summed E-state index contributed by atoms with van der Waals surface area (Å²) < 4.78 is 6.38. The summed E-state index contributed by atoms with van der Waals surface area (Å²) in [7, 11) is 0. The molecule has 8 aromatic rings. The summed E-state index contributed by atoms with van der Waals surface area (Å²) in [5.74, 6) is 0. The summed E-state index contributed by atoms with van der Waals surface area (Å²) in [5, 5.41) is 4.72. The standard InChI is InChI=1S/C43H31NO/c1-43(2)37-18-10-8-16-33(37)34-23-20-29(26-38(34)43)42-32-15-7-6-12-28(32)21-25-39(42)44(30-13-4-3-5-14-30)31-22-24-36-35-17-9-11-19-40(35)45-41(36)27-31/h3-27H,1-2H3. The molecule has 214 valence electrons. The topological polar surface area (TPSA) is 16.4 Å². The second-order valence-corrected chi connectivity index (χ2v) is 12.6. The molecule has 0 unspecified atom stereocenters. The Kier molecular flexibility index (Phi) is 5.58. The third-order valence-corrected chi connectivity index (χ3v) is 9.66. The molecule has 0 radical (unpaired) electrons. The lowest BCUT2D eigenvalue weighted by atomic mass is 9.81. The van der Waals surface area contributed by atoms with Crippen molar-refractivity contribution in [3.63, 3.8) is 0 Å². The van der Waals surface area contributed by atoms with Crippen molar-refractivity contribution in [3.8, 4) is 22.3 Å². The van der Waals surface area contributed by atoms with E-state index in [2.05, 4.69) is 158 Å².